The number of aromatic nitrogens is 2. The fraction of sp³-hybridized carbons (Fsp3) is 0.0545. The minimum Gasteiger partial charge on any atom is -0.310 e. The van der Waals surface area contributed by atoms with Crippen LogP contribution in [0.25, 0.3) is 76.9 Å². The zero-order valence-corrected chi connectivity index (χ0v) is 32.4. The maximum atomic E-state index is 2.47. The minimum atomic E-state index is -0.0957. The van der Waals surface area contributed by atoms with Gasteiger partial charge in [-0.25, -0.2) is 0 Å². The predicted octanol–water partition coefficient (Wildman–Crippen LogP) is 14.8. The molecule has 0 radical (unpaired) electrons. The van der Waals surface area contributed by atoms with E-state index in [0.717, 1.165) is 17.1 Å². The summed E-state index contributed by atoms with van der Waals surface area (Å²) in [6, 6.07) is 73.6. The Morgan fingerprint density at radius 2 is 0.776 bits per heavy atom. The van der Waals surface area contributed by atoms with Gasteiger partial charge in [0.05, 0.1) is 33.4 Å². The predicted molar refractivity (Wildman–Crippen MR) is 245 cm³/mol. The van der Waals surface area contributed by atoms with Crippen molar-refractivity contribution in [1.82, 2.24) is 9.13 Å². The van der Waals surface area contributed by atoms with Crippen molar-refractivity contribution in [3.63, 3.8) is 0 Å². The van der Waals surface area contributed by atoms with E-state index in [4.69, 9.17) is 0 Å². The molecule has 2 aromatic heterocycles. The molecule has 3 nitrogen and oxygen atoms in total. The third-order valence-corrected chi connectivity index (χ3v) is 12.7. The highest BCUT2D eigenvalue weighted by Gasteiger charge is 2.35. The molecule has 0 spiro atoms. The first-order valence-corrected chi connectivity index (χ1v) is 20.2. The van der Waals surface area contributed by atoms with Crippen molar-refractivity contribution in [1.29, 1.82) is 0 Å². The van der Waals surface area contributed by atoms with Crippen molar-refractivity contribution in [3.05, 3.63) is 211 Å². The summed E-state index contributed by atoms with van der Waals surface area (Å²) in [6.07, 6.45) is 0. The van der Waals surface area contributed by atoms with Gasteiger partial charge in [-0.3, -0.25) is 0 Å². The van der Waals surface area contributed by atoms with Crippen LogP contribution in [0.5, 0.6) is 0 Å². The monoisotopic (exact) mass is 741 g/mol. The van der Waals surface area contributed by atoms with Crippen LogP contribution in [0.4, 0.5) is 17.1 Å². The second-order valence-electron chi connectivity index (χ2n) is 16.1. The number of fused-ring (bicyclic) bond motifs is 10. The van der Waals surface area contributed by atoms with Gasteiger partial charge in [-0.15, -0.1) is 0 Å². The van der Waals surface area contributed by atoms with E-state index in [1.54, 1.807) is 0 Å². The molecular formula is C55H39N3. The van der Waals surface area contributed by atoms with Gasteiger partial charge < -0.3 is 14.0 Å². The lowest BCUT2D eigenvalue weighted by Gasteiger charge is -2.28. The molecule has 58 heavy (non-hydrogen) atoms. The summed E-state index contributed by atoms with van der Waals surface area (Å²) >= 11 is 0. The smallest absolute Gasteiger partial charge is 0.0542 e. The zero-order chi connectivity index (χ0) is 38.5. The SMILES string of the molecule is CC1(C)c2ccccc2-c2ccc(N(c3ccccc3)c3ccc4c(c3)c3ccccc3n4-c3ccc(-n4c5ccccc5c5ccccc54)c4ccccc34)cc21. The van der Waals surface area contributed by atoms with E-state index in [-0.39, 0.29) is 5.41 Å². The Hall–Kier alpha value is -7.36. The molecule has 3 heteroatoms. The average Bonchev–Trinajstić information content (AvgIpc) is 3.87. The molecule has 274 valence electrons. The van der Waals surface area contributed by atoms with Gasteiger partial charge in [0.15, 0.2) is 0 Å². The van der Waals surface area contributed by atoms with Crippen molar-refractivity contribution in [3.8, 4) is 22.5 Å². The van der Waals surface area contributed by atoms with E-state index < -0.39 is 0 Å². The van der Waals surface area contributed by atoms with E-state index in [9.17, 15) is 0 Å². The fourth-order valence-corrected chi connectivity index (χ4v) is 10.1. The first-order chi connectivity index (χ1) is 28.6. The van der Waals surface area contributed by atoms with Crippen LogP contribution in [0.3, 0.4) is 0 Å². The Labute approximate surface area is 337 Å². The third-order valence-electron chi connectivity index (χ3n) is 12.7. The van der Waals surface area contributed by atoms with Gasteiger partial charge in [0.1, 0.15) is 0 Å². The second-order valence-corrected chi connectivity index (χ2v) is 16.1. The van der Waals surface area contributed by atoms with Gasteiger partial charge in [-0.2, -0.15) is 0 Å². The topological polar surface area (TPSA) is 13.1 Å². The van der Waals surface area contributed by atoms with Gasteiger partial charge in [-0.05, 0) is 95.1 Å². The normalized spacial score (nSPS) is 13.1. The lowest BCUT2D eigenvalue weighted by molar-refractivity contribution is 0.660. The Morgan fingerprint density at radius 1 is 0.328 bits per heavy atom. The summed E-state index contributed by atoms with van der Waals surface area (Å²) in [5, 5.41) is 7.41. The molecule has 0 bridgehead atoms. The highest BCUT2D eigenvalue weighted by atomic mass is 15.1. The standard InChI is InChI=1S/C55H39N3/c1-55(2)47-24-12-8-18-39(47)40-30-28-38(35-48(40)55)56(36-16-4-3-5-17-36)37-29-31-54-46(34-37)45-23-11-15-27-51(45)58(54)53-33-32-52(43-19-6-7-20-44(43)53)57-49-25-13-9-21-41(49)42-22-10-14-26-50(42)57/h3-35H,1-2H3. The maximum Gasteiger partial charge on any atom is 0.0542 e. The molecule has 11 aromatic rings. The van der Waals surface area contributed by atoms with Crippen LogP contribution in [-0.2, 0) is 5.41 Å². The fourth-order valence-electron chi connectivity index (χ4n) is 10.1. The molecule has 0 fully saturated rings. The summed E-state index contributed by atoms with van der Waals surface area (Å²) in [5.74, 6) is 0. The van der Waals surface area contributed by atoms with Gasteiger partial charge >= 0.3 is 0 Å². The van der Waals surface area contributed by atoms with E-state index >= 15 is 0 Å². The number of hydrogen-bond acceptors (Lipinski definition) is 1. The first-order valence-electron chi connectivity index (χ1n) is 20.2. The van der Waals surface area contributed by atoms with Crippen molar-refractivity contribution in [2.24, 2.45) is 0 Å². The van der Waals surface area contributed by atoms with Crippen LogP contribution >= 0.6 is 0 Å². The Bertz CT molecular complexity index is 3380. The van der Waals surface area contributed by atoms with Crippen molar-refractivity contribution in [2.75, 3.05) is 4.90 Å². The molecule has 0 saturated heterocycles. The lowest BCUT2D eigenvalue weighted by Crippen LogP contribution is -2.16. The van der Waals surface area contributed by atoms with E-state index in [1.807, 2.05) is 0 Å². The number of benzene rings is 9. The first kappa shape index (κ1) is 32.8. The quantitative estimate of drug-likeness (QED) is 0.171. The Morgan fingerprint density at radius 3 is 1.40 bits per heavy atom. The van der Waals surface area contributed by atoms with E-state index in [1.165, 1.54) is 88.0 Å². The molecule has 0 amide bonds. The number of rotatable bonds is 5. The number of para-hydroxylation sites is 4. The van der Waals surface area contributed by atoms with Crippen LogP contribution in [0.2, 0.25) is 0 Å². The molecule has 1 aliphatic rings. The summed E-state index contributed by atoms with van der Waals surface area (Å²) in [6.45, 7) is 4.71. The van der Waals surface area contributed by atoms with Gasteiger partial charge in [-0.1, -0.05) is 141 Å². The van der Waals surface area contributed by atoms with Gasteiger partial charge in [0.25, 0.3) is 0 Å². The molecule has 2 heterocycles. The summed E-state index contributed by atoms with van der Waals surface area (Å²) < 4.78 is 4.90. The zero-order valence-electron chi connectivity index (χ0n) is 32.4. The Kier molecular flexibility index (Phi) is 6.98. The minimum absolute atomic E-state index is 0.0957. The highest BCUT2D eigenvalue weighted by molar-refractivity contribution is 6.14. The molecule has 0 saturated carbocycles. The van der Waals surface area contributed by atoms with Crippen LogP contribution in [0.15, 0.2) is 200 Å². The Balaban J connectivity index is 1.06. The largest absolute Gasteiger partial charge is 0.310 e. The number of nitrogens with zero attached hydrogens (tertiary/aromatic N) is 3. The lowest BCUT2D eigenvalue weighted by atomic mass is 9.82. The van der Waals surface area contributed by atoms with E-state index in [0.29, 0.717) is 0 Å². The highest BCUT2D eigenvalue weighted by Crippen LogP contribution is 2.51. The summed E-state index contributed by atoms with van der Waals surface area (Å²) in [4.78, 5) is 2.42. The molecule has 9 aromatic carbocycles. The molecule has 0 unspecified atom stereocenters. The number of anilines is 3. The molecule has 1 aliphatic carbocycles. The average molecular weight is 742 g/mol. The van der Waals surface area contributed by atoms with Gasteiger partial charge in [0.2, 0.25) is 0 Å². The van der Waals surface area contributed by atoms with Crippen molar-refractivity contribution in [2.45, 2.75) is 19.3 Å². The van der Waals surface area contributed by atoms with Crippen molar-refractivity contribution < 1.29 is 0 Å². The molecular weight excluding hydrogens is 703 g/mol. The van der Waals surface area contributed by atoms with Crippen LogP contribution in [0, 0.1) is 0 Å². The molecule has 0 atom stereocenters. The summed E-state index contributed by atoms with van der Waals surface area (Å²) in [7, 11) is 0. The van der Waals surface area contributed by atoms with Gasteiger partial charge in [0, 0.05) is 54.8 Å². The second kappa shape index (κ2) is 12.3. The number of hydrogen-bond donors (Lipinski definition) is 0. The molecule has 0 N–H and O–H groups in total. The van der Waals surface area contributed by atoms with Crippen LogP contribution in [0.1, 0.15) is 25.0 Å². The molecule has 0 aliphatic heterocycles. The third kappa shape index (κ3) is 4.62. The van der Waals surface area contributed by atoms with E-state index in [2.05, 4.69) is 228 Å². The maximum absolute atomic E-state index is 2.47. The summed E-state index contributed by atoms with van der Waals surface area (Å²) in [5.41, 5.74) is 15.9. The van der Waals surface area contributed by atoms with Crippen molar-refractivity contribution >= 4 is 71.4 Å². The van der Waals surface area contributed by atoms with Crippen LogP contribution in [-0.4, -0.2) is 9.13 Å². The molecule has 12 rings (SSSR count). The van der Waals surface area contributed by atoms with Crippen LogP contribution < -0.4 is 4.90 Å².